The van der Waals surface area contributed by atoms with E-state index in [9.17, 15) is 18.0 Å². The second-order valence-corrected chi connectivity index (χ2v) is 5.96. The summed E-state index contributed by atoms with van der Waals surface area (Å²) in [6, 6.07) is 11.4. The SMILES string of the molecule is NC1=N[C@]2(N=C(Nc3cccc(C(F)(F)F)c3)N1)C(=O)Nc1ccccc12. The minimum atomic E-state index is -4.48. The number of fused-ring (bicyclic) bond motifs is 2. The van der Waals surface area contributed by atoms with Crippen LogP contribution in [0.1, 0.15) is 11.1 Å². The lowest BCUT2D eigenvalue weighted by molar-refractivity contribution is -0.137. The topological polar surface area (TPSA) is 104 Å². The third-order valence-corrected chi connectivity index (χ3v) is 4.12. The first-order valence-electron chi connectivity index (χ1n) is 7.85. The number of nitrogens with zero attached hydrogens (tertiary/aromatic N) is 2. The average molecular weight is 374 g/mol. The third-order valence-electron chi connectivity index (χ3n) is 4.12. The summed E-state index contributed by atoms with van der Waals surface area (Å²) < 4.78 is 38.7. The molecule has 0 aromatic heterocycles. The van der Waals surface area contributed by atoms with Gasteiger partial charge in [-0.2, -0.15) is 13.2 Å². The molecule has 27 heavy (non-hydrogen) atoms. The maximum Gasteiger partial charge on any atom is 0.416 e. The van der Waals surface area contributed by atoms with Crippen LogP contribution in [-0.4, -0.2) is 17.8 Å². The van der Waals surface area contributed by atoms with Crippen LogP contribution in [-0.2, 0) is 16.6 Å². The Labute approximate surface area is 151 Å². The minimum Gasteiger partial charge on any atom is -0.370 e. The molecule has 0 radical (unpaired) electrons. The summed E-state index contributed by atoms with van der Waals surface area (Å²) in [6.45, 7) is 0. The molecule has 0 bridgehead atoms. The van der Waals surface area contributed by atoms with Crippen molar-refractivity contribution in [2.75, 3.05) is 10.6 Å². The van der Waals surface area contributed by atoms with Gasteiger partial charge in [-0.15, -0.1) is 0 Å². The van der Waals surface area contributed by atoms with E-state index >= 15 is 0 Å². The fourth-order valence-corrected chi connectivity index (χ4v) is 2.96. The monoisotopic (exact) mass is 374 g/mol. The first-order chi connectivity index (χ1) is 12.8. The van der Waals surface area contributed by atoms with E-state index in [4.69, 9.17) is 5.73 Å². The molecule has 0 saturated carbocycles. The van der Waals surface area contributed by atoms with E-state index in [0.29, 0.717) is 11.3 Å². The Balaban J connectivity index is 1.72. The van der Waals surface area contributed by atoms with E-state index in [2.05, 4.69) is 25.9 Å². The van der Waals surface area contributed by atoms with Crippen LogP contribution in [0.25, 0.3) is 0 Å². The van der Waals surface area contributed by atoms with Crippen LogP contribution in [0.3, 0.4) is 0 Å². The zero-order valence-electron chi connectivity index (χ0n) is 13.6. The van der Waals surface area contributed by atoms with Crippen molar-refractivity contribution in [2.45, 2.75) is 11.8 Å². The second-order valence-electron chi connectivity index (χ2n) is 5.96. The second kappa shape index (κ2) is 5.73. The summed E-state index contributed by atoms with van der Waals surface area (Å²) in [5.41, 5.74) is 4.54. The van der Waals surface area contributed by atoms with Crippen LogP contribution in [0.2, 0.25) is 0 Å². The Bertz CT molecular complexity index is 1000. The number of anilines is 2. The standard InChI is InChI=1S/C17H13F3N6O/c18-17(19,20)9-4-3-5-10(8-9)22-15-24-14(21)25-16(26-15)11-6-1-2-7-12(11)23-13(16)27/h1-8H,(H,23,27)(H4,21,22,24,25,26)/t16-/m1/s1. The van der Waals surface area contributed by atoms with Crippen molar-refractivity contribution in [3.05, 3.63) is 59.7 Å². The summed E-state index contributed by atoms with van der Waals surface area (Å²) >= 11 is 0. The molecule has 7 nitrogen and oxygen atoms in total. The molecule has 0 saturated heterocycles. The number of aliphatic imine (C=N–C) groups is 2. The highest BCUT2D eigenvalue weighted by Crippen LogP contribution is 2.41. The number of amides is 1. The molecule has 4 rings (SSSR count). The summed E-state index contributed by atoms with van der Waals surface area (Å²) in [5, 5.41) is 8.03. The van der Waals surface area contributed by atoms with Crippen molar-refractivity contribution in [2.24, 2.45) is 15.7 Å². The van der Waals surface area contributed by atoms with E-state index in [-0.39, 0.29) is 17.6 Å². The molecule has 2 heterocycles. The molecule has 2 aliphatic rings. The summed E-state index contributed by atoms with van der Waals surface area (Å²) in [7, 11) is 0. The molecule has 2 aromatic rings. The number of guanidine groups is 2. The normalized spacial score (nSPS) is 21.1. The Morgan fingerprint density at radius 3 is 2.59 bits per heavy atom. The van der Waals surface area contributed by atoms with Crippen LogP contribution < -0.4 is 21.7 Å². The lowest BCUT2D eigenvalue weighted by Gasteiger charge is -2.26. The van der Waals surface area contributed by atoms with Crippen molar-refractivity contribution in [3.8, 4) is 0 Å². The largest absolute Gasteiger partial charge is 0.416 e. The highest BCUT2D eigenvalue weighted by Gasteiger charge is 2.49. The molecule has 10 heteroatoms. The van der Waals surface area contributed by atoms with Crippen molar-refractivity contribution in [1.29, 1.82) is 0 Å². The van der Waals surface area contributed by atoms with Crippen molar-refractivity contribution in [1.82, 2.24) is 5.32 Å². The van der Waals surface area contributed by atoms with Crippen LogP contribution in [0.15, 0.2) is 58.5 Å². The number of benzene rings is 2. The predicted octanol–water partition coefficient (Wildman–Crippen LogP) is 2.20. The molecule has 0 aliphatic carbocycles. The lowest BCUT2D eigenvalue weighted by atomic mass is 10.0. The lowest BCUT2D eigenvalue weighted by Crippen LogP contribution is -2.49. The molecule has 5 N–H and O–H groups in total. The molecular formula is C17H13F3N6O. The van der Waals surface area contributed by atoms with E-state index in [1.54, 1.807) is 24.3 Å². The number of para-hydroxylation sites is 1. The molecule has 2 aliphatic heterocycles. The zero-order valence-corrected chi connectivity index (χ0v) is 13.6. The zero-order chi connectivity index (χ0) is 19.2. The Morgan fingerprint density at radius 1 is 1.04 bits per heavy atom. The Kier molecular flexibility index (Phi) is 3.58. The number of alkyl halides is 3. The number of carbonyl (C=O) groups excluding carboxylic acids is 1. The molecule has 138 valence electrons. The number of halogens is 3. The number of hydrogen-bond acceptors (Lipinski definition) is 6. The van der Waals surface area contributed by atoms with Gasteiger partial charge in [0.05, 0.1) is 5.56 Å². The van der Waals surface area contributed by atoms with Gasteiger partial charge in [-0.3, -0.25) is 10.1 Å². The fourth-order valence-electron chi connectivity index (χ4n) is 2.96. The maximum absolute atomic E-state index is 12.9. The van der Waals surface area contributed by atoms with Gasteiger partial charge in [-0.1, -0.05) is 24.3 Å². The van der Waals surface area contributed by atoms with Gasteiger partial charge in [0.1, 0.15) is 0 Å². The summed E-state index contributed by atoms with van der Waals surface area (Å²) in [5.74, 6) is -0.587. The highest BCUT2D eigenvalue weighted by atomic mass is 19.4. The van der Waals surface area contributed by atoms with Crippen LogP contribution in [0, 0.1) is 0 Å². The van der Waals surface area contributed by atoms with Crippen molar-refractivity contribution < 1.29 is 18.0 Å². The Morgan fingerprint density at radius 2 is 1.81 bits per heavy atom. The van der Waals surface area contributed by atoms with Gasteiger partial charge in [-0.25, -0.2) is 9.98 Å². The van der Waals surface area contributed by atoms with Gasteiger partial charge in [0.15, 0.2) is 5.96 Å². The number of rotatable bonds is 1. The molecule has 2 aromatic carbocycles. The number of hydrogen-bond donors (Lipinski definition) is 4. The van der Waals surface area contributed by atoms with Gasteiger partial charge in [-0.05, 0) is 24.3 Å². The molecular weight excluding hydrogens is 361 g/mol. The van der Waals surface area contributed by atoms with Crippen LogP contribution in [0.4, 0.5) is 24.5 Å². The van der Waals surface area contributed by atoms with Gasteiger partial charge in [0.25, 0.3) is 11.6 Å². The number of carbonyl (C=O) groups is 1. The highest BCUT2D eigenvalue weighted by molar-refractivity contribution is 6.13. The van der Waals surface area contributed by atoms with Crippen molar-refractivity contribution in [3.63, 3.8) is 0 Å². The van der Waals surface area contributed by atoms with Crippen LogP contribution in [0.5, 0.6) is 0 Å². The molecule has 0 unspecified atom stereocenters. The predicted molar refractivity (Wildman–Crippen MR) is 94.0 cm³/mol. The number of nitrogens with one attached hydrogen (secondary N) is 3. The van der Waals surface area contributed by atoms with E-state index in [1.807, 2.05) is 0 Å². The molecule has 0 fully saturated rings. The maximum atomic E-state index is 12.9. The molecule has 1 atom stereocenters. The van der Waals surface area contributed by atoms with Gasteiger partial charge in [0.2, 0.25) is 5.96 Å². The Hall–Kier alpha value is -3.56. The minimum absolute atomic E-state index is 0.00803. The third kappa shape index (κ3) is 2.84. The molecule has 1 spiro atoms. The first kappa shape index (κ1) is 16.9. The molecule has 1 amide bonds. The number of nitrogens with two attached hydrogens (primary N) is 1. The quantitative estimate of drug-likeness (QED) is 0.614. The summed E-state index contributed by atoms with van der Waals surface area (Å²) in [4.78, 5) is 21.0. The van der Waals surface area contributed by atoms with Crippen LogP contribution >= 0.6 is 0 Å². The smallest absolute Gasteiger partial charge is 0.370 e. The van der Waals surface area contributed by atoms with E-state index in [0.717, 1.165) is 12.1 Å². The van der Waals surface area contributed by atoms with E-state index < -0.39 is 23.3 Å². The van der Waals surface area contributed by atoms with Gasteiger partial charge < -0.3 is 16.4 Å². The average Bonchev–Trinajstić information content (AvgIpc) is 2.85. The van der Waals surface area contributed by atoms with E-state index in [1.165, 1.54) is 12.1 Å². The van der Waals surface area contributed by atoms with Crippen molar-refractivity contribution >= 4 is 29.2 Å². The summed E-state index contributed by atoms with van der Waals surface area (Å²) in [6.07, 6.45) is -4.48. The van der Waals surface area contributed by atoms with Gasteiger partial charge in [0, 0.05) is 16.9 Å². The van der Waals surface area contributed by atoms with Gasteiger partial charge >= 0.3 is 6.18 Å². The fraction of sp³-hybridized carbons (Fsp3) is 0.118. The first-order valence-corrected chi connectivity index (χ1v) is 7.85.